The number of rotatable bonds is 5. The summed E-state index contributed by atoms with van der Waals surface area (Å²) in [5.41, 5.74) is 1.36. The number of anilines is 2. The van der Waals surface area contributed by atoms with E-state index in [1.807, 2.05) is 0 Å². The highest BCUT2D eigenvalue weighted by atomic mass is 19.1. The molecule has 1 aromatic carbocycles. The summed E-state index contributed by atoms with van der Waals surface area (Å²) in [4.78, 5) is 13.1. The van der Waals surface area contributed by atoms with Crippen LogP contribution in [0.1, 0.15) is 12.1 Å². The summed E-state index contributed by atoms with van der Waals surface area (Å²) in [6.45, 7) is 1.85. The number of ether oxygens (including phenoxy) is 2. The molecule has 0 saturated carbocycles. The van der Waals surface area contributed by atoms with Crippen molar-refractivity contribution in [3.05, 3.63) is 42.2 Å². The number of hydrogen-bond donors (Lipinski definition) is 3. The maximum atomic E-state index is 13.5. The molecule has 9 nitrogen and oxygen atoms in total. The molecule has 1 aliphatic rings. The van der Waals surface area contributed by atoms with Gasteiger partial charge in [0.15, 0.2) is 23.2 Å². The first kappa shape index (κ1) is 18.7. The fraction of sp³-hybridized carbons (Fsp3) is 0.389. The SMILES string of the molecule is COCC1OC(n2cnc3c(Nc4cccc(F)c4)nc(C)nc32)C(O)C1O. The zero-order chi connectivity index (χ0) is 19.8. The Kier molecular flexibility index (Phi) is 4.94. The largest absolute Gasteiger partial charge is 0.387 e. The second-order valence-electron chi connectivity index (χ2n) is 6.58. The number of aromatic nitrogens is 4. The first-order valence-corrected chi connectivity index (χ1v) is 8.72. The van der Waals surface area contributed by atoms with Crippen molar-refractivity contribution in [2.45, 2.75) is 31.5 Å². The molecule has 1 fully saturated rings. The van der Waals surface area contributed by atoms with Crippen molar-refractivity contribution in [3.8, 4) is 0 Å². The Balaban J connectivity index is 1.71. The van der Waals surface area contributed by atoms with Crippen LogP contribution in [0.5, 0.6) is 0 Å². The second kappa shape index (κ2) is 7.40. The van der Waals surface area contributed by atoms with Crippen molar-refractivity contribution < 1.29 is 24.1 Å². The molecule has 0 radical (unpaired) electrons. The number of nitrogens with one attached hydrogen (secondary N) is 1. The third kappa shape index (κ3) is 3.31. The van der Waals surface area contributed by atoms with Crippen molar-refractivity contribution >= 4 is 22.7 Å². The lowest BCUT2D eigenvalue weighted by atomic mass is 10.1. The van der Waals surface area contributed by atoms with Gasteiger partial charge in [-0.15, -0.1) is 0 Å². The van der Waals surface area contributed by atoms with Crippen molar-refractivity contribution in [3.63, 3.8) is 0 Å². The average Bonchev–Trinajstić information content (AvgIpc) is 3.18. The third-order valence-electron chi connectivity index (χ3n) is 4.56. The van der Waals surface area contributed by atoms with Gasteiger partial charge in [0.1, 0.15) is 30.0 Å². The molecule has 10 heteroatoms. The number of aliphatic hydroxyl groups is 2. The lowest BCUT2D eigenvalue weighted by Gasteiger charge is -2.17. The number of aliphatic hydroxyl groups excluding tert-OH is 2. The van der Waals surface area contributed by atoms with Crippen LogP contribution in [0.25, 0.3) is 11.2 Å². The molecule has 4 atom stereocenters. The number of imidazole rings is 1. The van der Waals surface area contributed by atoms with Crippen LogP contribution in [0, 0.1) is 12.7 Å². The van der Waals surface area contributed by atoms with Crippen molar-refractivity contribution in [2.24, 2.45) is 0 Å². The summed E-state index contributed by atoms with van der Waals surface area (Å²) < 4.78 is 25.8. The van der Waals surface area contributed by atoms with Crippen molar-refractivity contribution in [1.82, 2.24) is 19.5 Å². The minimum Gasteiger partial charge on any atom is -0.387 e. The van der Waals surface area contributed by atoms with E-state index in [2.05, 4.69) is 20.3 Å². The summed E-state index contributed by atoms with van der Waals surface area (Å²) in [7, 11) is 1.49. The van der Waals surface area contributed by atoms with Gasteiger partial charge >= 0.3 is 0 Å². The summed E-state index contributed by atoms with van der Waals surface area (Å²) >= 11 is 0. The number of fused-ring (bicyclic) bond motifs is 1. The standard InChI is InChI=1S/C18H20FN5O4/c1-9-21-16(23-11-5-3-4-10(19)6-11)13-17(22-9)24(8-20-13)18-15(26)14(25)12(28-18)7-27-2/h3-6,8,12,14-15,18,25-26H,7H2,1-2H3,(H,21,22,23). The number of halogens is 1. The molecule has 0 aliphatic carbocycles. The highest BCUT2D eigenvalue weighted by Gasteiger charge is 2.44. The fourth-order valence-corrected chi connectivity index (χ4v) is 3.26. The molecule has 3 N–H and O–H groups in total. The summed E-state index contributed by atoms with van der Waals surface area (Å²) in [6.07, 6.45) is -2.36. The zero-order valence-electron chi connectivity index (χ0n) is 15.3. The van der Waals surface area contributed by atoms with E-state index in [-0.39, 0.29) is 12.4 Å². The quantitative estimate of drug-likeness (QED) is 0.598. The lowest BCUT2D eigenvalue weighted by molar-refractivity contribution is -0.0580. The minimum absolute atomic E-state index is 0.141. The average molecular weight is 389 g/mol. The summed E-state index contributed by atoms with van der Waals surface area (Å²) in [5, 5.41) is 23.6. The van der Waals surface area contributed by atoms with E-state index in [0.717, 1.165) is 0 Å². The van der Waals surface area contributed by atoms with E-state index in [0.29, 0.717) is 28.5 Å². The normalized spacial score (nSPS) is 24.8. The van der Waals surface area contributed by atoms with Crippen LogP contribution in [-0.2, 0) is 9.47 Å². The number of hydrogen-bond acceptors (Lipinski definition) is 8. The van der Waals surface area contributed by atoms with Gasteiger partial charge in [0.05, 0.1) is 12.9 Å². The molecule has 3 heterocycles. The smallest absolute Gasteiger partial charge is 0.167 e. The maximum absolute atomic E-state index is 13.5. The van der Waals surface area contributed by atoms with E-state index in [4.69, 9.17) is 9.47 Å². The van der Waals surface area contributed by atoms with Crippen molar-refractivity contribution in [1.29, 1.82) is 0 Å². The Labute approximate surface area is 159 Å². The first-order valence-electron chi connectivity index (χ1n) is 8.72. The van der Waals surface area contributed by atoms with Gasteiger partial charge in [-0.3, -0.25) is 4.57 Å². The fourth-order valence-electron chi connectivity index (χ4n) is 3.26. The number of aryl methyl sites for hydroxylation is 1. The Bertz CT molecular complexity index is 997. The van der Waals surface area contributed by atoms with Gasteiger partial charge in [-0.1, -0.05) is 6.07 Å². The van der Waals surface area contributed by atoms with E-state index < -0.39 is 24.5 Å². The Morgan fingerprint density at radius 2 is 2.11 bits per heavy atom. The zero-order valence-corrected chi connectivity index (χ0v) is 15.3. The minimum atomic E-state index is -1.17. The van der Waals surface area contributed by atoms with Gasteiger partial charge in [-0.25, -0.2) is 19.3 Å². The van der Waals surface area contributed by atoms with Crippen molar-refractivity contribution in [2.75, 3.05) is 19.0 Å². The van der Waals surface area contributed by atoms with Crippen LogP contribution in [0.4, 0.5) is 15.9 Å². The molecule has 1 saturated heterocycles. The van der Waals surface area contributed by atoms with Crippen LogP contribution in [-0.4, -0.2) is 61.8 Å². The van der Waals surface area contributed by atoms with E-state index in [1.54, 1.807) is 23.6 Å². The number of benzene rings is 1. The predicted octanol–water partition coefficient (Wildman–Crippen LogP) is 1.28. The molecule has 3 aromatic rings. The first-order chi connectivity index (χ1) is 13.5. The lowest BCUT2D eigenvalue weighted by Crippen LogP contribution is -2.33. The van der Waals surface area contributed by atoms with Gasteiger partial charge in [0.2, 0.25) is 0 Å². The van der Waals surface area contributed by atoms with Gasteiger partial charge in [0.25, 0.3) is 0 Å². The molecule has 28 heavy (non-hydrogen) atoms. The molecular formula is C18H20FN5O4. The van der Waals surface area contributed by atoms with E-state index in [1.165, 1.54) is 25.6 Å². The Morgan fingerprint density at radius 1 is 1.29 bits per heavy atom. The van der Waals surface area contributed by atoms with Crippen LogP contribution in [0.15, 0.2) is 30.6 Å². The maximum Gasteiger partial charge on any atom is 0.167 e. The summed E-state index contributed by atoms with van der Waals surface area (Å²) in [6, 6.07) is 5.98. The van der Waals surface area contributed by atoms with Crippen LogP contribution in [0.3, 0.4) is 0 Å². The van der Waals surface area contributed by atoms with Gasteiger partial charge in [-0.2, -0.15) is 0 Å². The molecule has 0 amide bonds. The molecule has 0 spiro atoms. The van der Waals surface area contributed by atoms with E-state index >= 15 is 0 Å². The second-order valence-corrected chi connectivity index (χ2v) is 6.58. The number of nitrogens with zero attached hydrogens (tertiary/aromatic N) is 4. The molecule has 1 aliphatic heterocycles. The molecule has 4 rings (SSSR count). The highest BCUT2D eigenvalue weighted by molar-refractivity contribution is 5.85. The van der Waals surface area contributed by atoms with Gasteiger partial charge in [0, 0.05) is 12.8 Å². The Hall–Kier alpha value is -2.66. The number of methoxy groups -OCH3 is 1. The molecular weight excluding hydrogens is 369 g/mol. The molecule has 0 bridgehead atoms. The monoisotopic (exact) mass is 389 g/mol. The molecule has 4 unspecified atom stereocenters. The van der Waals surface area contributed by atoms with E-state index in [9.17, 15) is 14.6 Å². The van der Waals surface area contributed by atoms with Crippen LogP contribution in [0.2, 0.25) is 0 Å². The van der Waals surface area contributed by atoms with Gasteiger partial charge in [-0.05, 0) is 25.1 Å². The third-order valence-corrected chi connectivity index (χ3v) is 4.56. The predicted molar refractivity (Wildman–Crippen MR) is 97.5 cm³/mol. The molecule has 2 aromatic heterocycles. The summed E-state index contributed by atoms with van der Waals surface area (Å²) in [5.74, 6) is 0.473. The highest BCUT2D eigenvalue weighted by Crippen LogP contribution is 2.33. The van der Waals surface area contributed by atoms with Crippen LogP contribution < -0.4 is 5.32 Å². The van der Waals surface area contributed by atoms with Gasteiger partial charge < -0.3 is 25.0 Å². The van der Waals surface area contributed by atoms with Crippen LogP contribution >= 0.6 is 0 Å². The topological polar surface area (TPSA) is 115 Å². The Morgan fingerprint density at radius 3 is 2.86 bits per heavy atom. The molecule has 148 valence electrons.